The Labute approximate surface area is 108 Å². The molecule has 0 spiro atoms. The number of ether oxygens (including phenoxy) is 1. The third-order valence-corrected chi connectivity index (χ3v) is 3.67. The molecular formula is C13H20NO3P. The number of nitrogens with one attached hydrogen (secondary N) is 1. The van der Waals surface area contributed by atoms with E-state index in [2.05, 4.69) is 5.32 Å². The van der Waals surface area contributed by atoms with Crippen LogP contribution in [0.2, 0.25) is 0 Å². The normalized spacial score (nSPS) is 12.1. The highest BCUT2D eigenvalue weighted by atomic mass is 31.2. The van der Waals surface area contributed by atoms with Crippen molar-refractivity contribution < 1.29 is 14.1 Å². The highest BCUT2D eigenvalue weighted by Crippen LogP contribution is 2.37. The van der Waals surface area contributed by atoms with Gasteiger partial charge in [0.25, 0.3) is 0 Å². The molecule has 1 rings (SSSR count). The van der Waals surface area contributed by atoms with Crippen molar-refractivity contribution in [2.45, 2.75) is 26.4 Å². The lowest BCUT2D eigenvalue weighted by molar-refractivity contribution is 0.0636. The first-order chi connectivity index (χ1) is 8.09. The second-order valence-corrected chi connectivity index (χ2v) is 8.68. The van der Waals surface area contributed by atoms with Gasteiger partial charge in [-0.1, -0.05) is 12.1 Å². The number of hydrogen-bond donors (Lipinski definition) is 1. The minimum Gasteiger partial charge on any atom is -0.444 e. The van der Waals surface area contributed by atoms with E-state index in [1.165, 1.54) is 0 Å². The van der Waals surface area contributed by atoms with Gasteiger partial charge in [-0.3, -0.25) is 5.32 Å². The molecule has 4 nitrogen and oxygen atoms in total. The number of carbonyl (C=O) groups is 1. The van der Waals surface area contributed by atoms with Crippen molar-refractivity contribution in [3.05, 3.63) is 24.3 Å². The number of carbonyl (C=O) groups excluding carboxylic acids is 1. The summed E-state index contributed by atoms with van der Waals surface area (Å²) in [6.07, 6.45) is -0.539. The number of benzene rings is 1. The van der Waals surface area contributed by atoms with Crippen LogP contribution >= 0.6 is 7.14 Å². The molecule has 0 unspecified atom stereocenters. The monoisotopic (exact) mass is 269 g/mol. The van der Waals surface area contributed by atoms with Crippen LogP contribution in [0.3, 0.4) is 0 Å². The van der Waals surface area contributed by atoms with Crippen LogP contribution in [0.4, 0.5) is 10.5 Å². The van der Waals surface area contributed by atoms with Crippen LogP contribution < -0.4 is 10.6 Å². The van der Waals surface area contributed by atoms with E-state index in [9.17, 15) is 9.36 Å². The van der Waals surface area contributed by atoms with Gasteiger partial charge < -0.3 is 9.30 Å². The number of anilines is 1. The summed E-state index contributed by atoms with van der Waals surface area (Å²) in [5.74, 6) is 0. The summed E-state index contributed by atoms with van der Waals surface area (Å²) in [7, 11) is -2.43. The lowest BCUT2D eigenvalue weighted by Gasteiger charge is -2.21. The van der Waals surface area contributed by atoms with E-state index in [-0.39, 0.29) is 0 Å². The van der Waals surface area contributed by atoms with Gasteiger partial charge in [0.1, 0.15) is 12.7 Å². The maximum absolute atomic E-state index is 12.1. The summed E-state index contributed by atoms with van der Waals surface area (Å²) in [6.45, 7) is 8.72. The average molecular weight is 269 g/mol. The van der Waals surface area contributed by atoms with Crippen molar-refractivity contribution >= 4 is 24.2 Å². The Kier molecular flexibility index (Phi) is 4.23. The van der Waals surface area contributed by atoms with Crippen LogP contribution in [-0.2, 0) is 9.30 Å². The Balaban J connectivity index is 2.92. The molecule has 18 heavy (non-hydrogen) atoms. The average Bonchev–Trinajstić information content (AvgIpc) is 2.13. The molecule has 1 N–H and O–H groups in total. The number of amides is 1. The molecular weight excluding hydrogens is 249 g/mol. The molecule has 0 aromatic heterocycles. The van der Waals surface area contributed by atoms with Gasteiger partial charge >= 0.3 is 6.09 Å². The van der Waals surface area contributed by atoms with Gasteiger partial charge in [-0.25, -0.2) is 4.79 Å². The first-order valence-electron chi connectivity index (χ1n) is 5.74. The largest absolute Gasteiger partial charge is 0.444 e. The lowest BCUT2D eigenvalue weighted by Crippen LogP contribution is -2.28. The van der Waals surface area contributed by atoms with Crippen molar-refractivity contribution in [2.24, 2.45) is 0 Å². The molecule has 0 heterocycles. The van der Waals surface area contributed by atoms with E-state index in [1.54, 1.807) is 58.4 Å². The molecule has 5 heteroatoms. The summed E-state index contributed by atoms with van der Waals surface area (Å²) in [5.41, 5.74) is -0.0127. The van der Waals surface area contributed by atoms with Crippen LogP contribution in [0.1, 0.15) is 20.8 Å². The molecule has 1 aromatic carbocycles. The summed E-state index contributed by atoms with van der Waals surface area (Å²) < 4.78 is 17.3. The van der Waals surface area contributed by atoms with Crippen LogP contribution in [0.15, 0.2) is 24.3 Å². The maximum Gasteiger partial charge on any atom is 0.412 e. The molecule has 1 amide bonds. The molecule has 0 saturated heterocycles. The van der Waals surface area contributed by atoms with Crippen LogP contribution in [0, 0.1) is 0 Å². The smallest absolute Gasteiger partial charge is 0.412 e. The second kappa shape index (κ2) is 5.15. The standard InChI is InChI=1S/C13H20NO3P/c1-13(2,3)17-12(15)14-10-8-6-7-9-11(10)18(4,5)16/h6-9H,1-5H3,(H,14,15). The third kappa shape index (κ3) is 4.53. The number of hydrogen-bond acceptors (Lipinski definition) is 3. The molecule has 0 aliphatic heterocycles. The van der Waals surface area contributed by atoms with E-state index in [0.29, 0.717) is 11.0 Å². The van der Waals surface area contributed by atoms with Gasteiger partial charge in [-0.2, -0.15) is 0 Å². The fourth-order valence-electron chi connectivity index (χ4n) is 1.46. The lowest BCUT2D eigenvalue weighted by atomic mass is 10.2. The van der Waals surface area contributed by atoms with Crippen LogP contribution in [0.5, 0.6) is 0 Å². The van der Waals surface area contributed by atoms with Gasteiger partial charge in [0.15, 0.2) is 0 Å². The zero-order valence-electron chi connectivity index (χ0n) is 11.5. The molecule has 100 valence electrons. The highest BCUT2D eigenvalue weighted by molar-refractivity contribution is 7.70. The van der Waals surface area contributed by atoms with Crippen molar-refractivity contribution in [3.63, 3.8) is 0 Å². The number of para-hydroxylation sites is 1. The maximum atomic E-state index is 12.1. The van der Waals surface area contributed by atoms with E-state index >= 15 is 0 Å². The van der Waals surface area contributed by atoms with Crippen molar-refractivity contribution in [1.82, 2.24) is 0 Å². The first kappa shape index (κ1) is 14.8. The quantitative estimate of drug-likeness (QED) is 0.838. The summed E-state index contributed by atoms with van der Waals surface area (Å²) in [4.78, 5) is 11.7. The predicted octanol–water partition coefficient (Wildman–Crippen LogP) is 3.28. The fraction of sp³-hybridized carbons (Fsp3) is 0.462. The fourth-order valence-corrected chi connectivity index (χ4v) is 2.62. The zero-order chi connectivity index (χ0) is 14.0. The number of rotatable bonds is 2. The molecule has 0 bridgehead atoms. The van der Waals surface area contributed by atoms with Gasteiger partial charge in [-0.05, 0) is 46.2 Å². The minimum atomic E-state index is -2.43. The Bertz CT molecular complexity index is 485. The summed E-state index contributed by atoms with van der Waals surface area (Å²) in [5, 5.41) is 3.29. The molecule has 0 atom stereocenters. The molecule has 0 saturated carbocycles. The van der Waals surface area contributed by atoms with Gasteiger partial charge in [0.05, 0.1) is 5.69 Å². The highest BCUT2D eigenvalue weighted by Gasteiger charge is 2.20. The molecule has 0 fully saturated rings. The first-order valence-corrected chi connectivity index (χ1v) is 8.34. The Morgan fingerprint density at radius 1 is 1.22 bits per heavy atom. The van der Waals surface area contributed by atoms with Crippen LogP contribution in [-0.4, -0.2) is 25.0 Å². The van der Waals surface area contributed by atoms with E-state index < -0.39 is 18.8 Å². The summed E-state index contributed by atoms with van der Waals surface area (Å²) in [6, 6.07) is 7.06. The van der Waals surface area contributed by atoms with Crippen molar-refractivity contribution in [3.8, 4) is 0 Å². The second-order valence-electron chi connectivity index (χ2n) is 5.49. The Hall–Kier alpha value is -1.28. The molecule has 0 aliphatic carbocycles. The van der Waals surface area contributed by atoms with E-state index in [0.717, 1.165) is 0 Å². The van der Waals surface area contributed by atoms with Gasteiger partial charge in [0, 0.05) is 5.30 Å². The van der Waals surface area contributed by atoms with E-state index in [4.69, 9.17) is 4.74 Å². The minimum absolute atomic E-state index is 0.539. The molecule has 0 radical (unpaired) electrons. The SMILES string of the molecule is CC(C)(C)OC(=O)Nc1ccccc1P(C)(C)=O. The molecule has 0 aliphatic rings. The zero-order valence-corrected chi connectivity index (χ0v) is 12.4. The van der Waals surface area contributed by atoms with E-state index in [1.807, 2.05) is 0 Å². The van der Waals surface area contributed by atoms with Gasteiger partial charge in [0.2, 0.25) is 0 Å². The molecule has 1 aromatic rings. The topological polar surface area (TPSA) is 55.4 Å². The summed E-state index contributed by atoms with van der Waals surface area (Å²) >= 11 is 0. The van der Waals surface area contributed by atoms with Crippen molar-refractivity contribution in [2.75, 3.05) is 18.6 Å². The third-order valence-electron chi connectivity index (χ3n) is 2.12. The Morgan fingerprint density at radius 3 is 2.28 bits per heavy atom. The van der Waals surface area contributed by atoms with Crippen LogP contribution in [0.25, 0.3) is 0 Å². The van der Waals surface area contributed by atoms with Crippen molar-refractivity contribution in [1.29, 1.82) is 0 Å². The van der Waals surface area contributed by atoms with Gasteiger partial charge in [-0.15, -0.1) is 0 Å². The predicted molar refractivity (Wildman–Crippen MR) is 75.4 cm³/mol. The Morgan fingerprint density at radius 2 is 1.78 bits per heavy atom.